The fourth-order valence-corrected chi connectivity index (χ4v) is 5.99. The molecule has 0 radical (unpaired) electrons. The summed E-state index contributed by atoms with van der Waals surface area (Å²) in [6.45, 7) is 3.43. The van der Waals surface area contributed by atoms with Crippen LogP contribution in [0.15, 0.2) is 100 Å². The third-order valence-corrected chi connectivity index (χ3v) is 7.72. The molecule has 3 aromatic carbocycles. The van der Waals surface area contributed by atoms with E-state index in [1.54, 1.807) is 0 Å². The Labute approximate surface area is 189 Å². The summed E-state index contributed by atoms with van der Waals surface area (Å²) >= 11 is 0.0979. The summed E-state index contributed by atoms with van der Waals surface area (Å²) in [4.78, 5) is 22.3. The van der Waals surface area contributed by atoms with Gasteiger partial charge >= 0.3 is 189 Å². The second-order valence-electron chi connectivity index (χ2n) is 7.79. The molecule has 5 rings (SSSR count). The summed E-state index contributed by atoms with van der Waals surface area (Å²) in [5.41, 5.74) is 4.13. The van der Waals surface area contributed by atoms with Gasteiger partial charge in [-0.1, -0.05) is 0 Å². The SMILES string of the molecule is Cc1ccc([Se]C2=C3N=C(Cc4ccccc4)C(=O)N3CN(c3ccccc3)C2)cc1. The number of fused-ring (bicyclic) bond motifs is 1. The predicted octanol–water partition coefficient (Wildman–Crippen LogP) is 3.50. The number of aliphatic imine (C=N–C) groups is 1. The van der Waals surface area contributed by atoms with E-state index in [1.807, 2.05) is 41.3 Å². The van der Waals surface area contributed by atoms with Gasteiger partial charge in [0.25, 0.3) is 0 Å². The minimum atomic E-state index is 0.0247. The zero-order valence-corrected chi connectivity index (χ0v) is 19.1. The molecule has 0 atom stereocenters. The van der Waals surface area contributed by atoms with Gasteiger partial charge in [0.15, 0.2) is 0 Å². The van der Waals surface area contributed by atoms with Crippen molar-refractivity contribution in [3.63, 3.8) is 0 Å². The van der Waals surface area contributed by atoms with Crippen LogP contribution in [0.5, 0.6) is 0 Å². The molecule has 0 spiro atoms. The first kappa shape index (κ1) is 19.8. The summed E-state index contributed by atoms with van der Waals surface area (Å²) in [6, 6.07) is 29.1. The Morgan fingerprint density at radius 3 is 2.29 bits per heavy atom. The van der Waals surface area contributed by atoms with Gasteiger partial charge in [0.05, 0.1) is 0 Å². The maximum absolute atomic E-state index is 13.3. The van der Waals surface area contributed by atoms with Crippen molar-refractivity contribution in [2.75, 3.05) is 18.1 Å². The third-order valence-electron chi connectivity index (χ3n) is 5.48. The van der Waals surface area contributed by atoms with E-state index in [2.05, 4.69) is 60.4 Å². The number of rotatable bonds is 5. The van der Waals surface area contributed by atoms with Crippen molar-refractivity contribution in [3.05, 3.63) is 106 Å². The Morgan fingerprint density at radius 2 is 1.58 bits per heavy atom. The number of hydrogen-bond donors (Lipinski definition) is 0. The van der Waals surface area contributed by atoms with Crippen molar-refractivity contribution in [2.24, 2.45) is 4.99 Å². The number of nitrogens with zero attached hydrogens (tertiary/aromatic N) is 3. The summed E-state index contributed by atoms with van der Waals surface area (Å²) in [5.74, 6) is 0.889. The molecule has 1 amide bonds. The minimum absolute atomic E-state index is 0.0247. The summed E-state index contributed by atoms with van der Waals surface area (Å²) < 4.78 is 2.54. The molecule has 0 fully saturated rings. The van der Waals surface area contributed by atoms with Crippen molar-refractivity contribution in [1.29, 1.82) is 0 Å². The molecule has 0 N–H and O–H groups in total. The van der Waals surface area contributed by atoms with Crippen molar-refractivity contribution in [2.45, 2.75) is 13.3 Å². The second kappa shape index (κ2) is 8.54. The van der Waals surface area contributed by atoms with E-state index in [0.29, 0.717) is 18.8 Å². The molecule has 0 aliphatic carbocycles. The first-order chi connectivity index (χ1) is 15.2. The van der Waals surface area contributed by atoms with Crippen LogP contribution in [-0.2, 0) is 11.2 Å². The molecule has 5 heteroatoms. The molecule has 4 nitrogen and oxygen atoms in total. The number of amides is 1. The van der Waals surface area contributed by atoms with Crippen LogP contribution in [0.25, 0.3) is 0 Å². The van der Waals surface area contributed by atoms with Gasteiger partial charge in [-0.2, -0.15) is 0 Å². The van der Waals surface area contributed by atoms with Crippen molar-refractivity contribution >= 4 is 36.7 Å². The molecule has 2 aliphatic heterocycles. The van der Waals surface area contributed by atoms with Crippen LogP contribution < -0.4 is 9.36 Å². The monoisotopic (exact) mass is 473 g/mol. The first-order valence-corrected chi connectivity index (χ1v) is 12.1. The van der Waals surface area contributed by atoms with Crippen molar-refractivity contribution in [3.8, 4) is 0 Å². The molecule has 0 unspecified atom stereocenters. The molecule has 0 bridgehead atoms. The van der Waals surface area contributed by atoms with Gasteiger partial charge in [0.1, 0.15) is 0 Å². The van der Waals surface area contributed by atoms with Gasteiger partial charge in [-0.15, -0.1) is 0 Å². The Hall–Kier alpha value is -3.14. The van der Waals surface area contributed by atoms with Crippen LogP contribution in [0.3, 0.4) is 0 Å². The Balaban J connectivity index is 1.50. The summed E-state index contributed by atoms with van der Waals surface area (Å²) in [5, 5.41) is 0. The number of hydrogen-bond acceptors (Lipinski definition) is 3. The molecule has 31 heavy (non-hydrogen) atoms. The van der Waals surface area contributed by atoms with E-state index in [0.717, 1.165) is 23.6 Å². The van der Waals surface area contributed by atoms with Gasteiger partial charge in [-0.3, -0.25) is 0 Å². The number of benzene rings is 3. The van der Waals surface area contributed by atoms with Gasteiger partial charge in [0, 0.05) is 0 Å². The molecule has 154 valence electrons. The predicted molar refractivity (Wildman–Crippen MR) is 127 cm³/mol. The zero-order valence-electron chi connectivity index (χ0n) is 17.4. The van der Waals surface area contributed by atoms with E-state index in [4.69, 9.17) is 4.99 Å². The number of anilines is 1. The number of aryl methyl sites for hydroxylation is 1. The fourth-order valence-electron chi connectivity index (χ4n) is 3.84. The average Bonchev–Trinajstić information content (AvgIpc) is 3.12. The normalized spacial score (nSPS) is 15.9. The van der Waals surface area contributed by atoms with Crippen LogP contribution in [0.4, 0.5) is 5.69 Å². The molecular formula is C26H23N3OSe. The van der Waals surface area contributed by atoms with Crippen molar-refractivity contribution < 1.29 is 4.79 Å². The van der Waals surface area contributed by atoms with Crippen molar-refractivity contribution in [1.82, 2.24) is 4.90 Å². The number of para-hydroxylation sites is 1. The standard InChI is InChI=1S/C26H23N3OSe/c1-19-12-14-22(15-13-19)31-24-17-28(21-10-6-3-7-11-21)18-29-25(24)27-23(26(29)30)16-20-8-4-2-5-9-20/h2-15H,16-18H2,1H3. The third kappa shape index (κ3) is 4.20. The topological polar surface area (TPSA) is 35.9 Å². The van der Waals surface area contributed by atoms with Crippen LogP contribution >= 0.6 is 0 Å². The Kier molecular flexibility index (Phi) is 5.46. The van der Waals surface area contributed by atoms with E-state index >= 15 is 0 Å². The second-order valence-corrected chi connectivity index (χ2v) is 10.2. The molecule has 2 heterocycles. The van der Waals surface area contributed by atoms with Crippen LogP contribution in [-0.4, -0.2) is 44.7 Å². The van der Waals surface area contributed by atoms with Gasteiger partial charge in [-0.05, 0) is 0 Å². The van der Waals surface area contributed by atoms with Crippen LogP contribution in [0.2, 0.25) is 0 Å². The van der Waals surface area contributed by atoms with E-state index in [9.17, 15) is 4.79 Å². The molecule has 3 aromatic rings. The zero-order chi connectivity index (χ0) is 21.2. The molecular weight excluding hydrogens is 449 g/mol. The summed E-state index contributed by atoms with van der Waals surface area (Å²) in [7, 11) is 0. The Bertz CT molecular complexity index is 1150. The maximum atomic E-state index is 13.3. The molecule has 2 aliphatic rings. The molecule has 0 aromatic heterocycles. The van der Waals surface area contributed by atoms with E-state index < -0.39 is 0 Å². The van der Waals surface area contributed by atoms with Crippen LogP contribution in [0.1, 0.15) is 11.1 Å². The molecule has 0 saturated carbocycles. The number of carbonyl (C=O) groups excluding carboxylic acids is 1. The van der Waals surface area contributed by atoms with E-state index in [1.165, 1.54) is 14.5 Å². The first-order valence-electron chi connectivity index (χ1n) is 10.4. The van der Waals surface area contributed by atoms with Gasteiger partial charge in [-0.25, -0.2) is 0 Å². The summed E-state index contributed by atoms with van der Waals surface area (Å²) in [6.07, 6.45) is 0.565. The van der Waals surface area contributed by atoms with E-state index in [-0.39, 0.29) is 20.9 Å². The average molecular weight is 472 g/mol. The van der Waals surface area contributed by atoms with Crippen LogP contribution in [0, 0.1) is 6.92 Å². The fraction of sp³-hybridized carbons (Fsp3) is 0.154. The quantitative estimate of drug-likeness (QED) is 0.533. The van der Waals surface area contributed by atoms with Gasteiger partial charge in [0.2, 0.25) is 0 Å². The molecule has 0 saturated heterocycles. The van der Waals surface area contributed by atoms with Gasteiger partial charge < -0.3 is 0 Å². The number of carbonyl (C=O) groups is 1. The Morgan fingerprint density at radius 1 is 0.903 bits per heavy atom.